The third-order valence-electron chi connectivity index (χ3n) is 2.89. The number of esters is 1. The number of rotatable bonds is 4. The Morgan fingerprint density at radius 2 is 2.29 bits per heavy atom. The smallest absolute Gasteiger partial charge is 0.305 e. The molecular formula is C11H21NO2. The first-order valence-electron chi connectivity index (χ1n) is 5.63. The monoisotopic (exact) mass is 199 g/mol. The number of carbonyl (C=O) groups excluding carboxylic acids is 1. The average Bonchev–Trinajstić information content (AvgIpc) is 2.15. The molecule has 2 N–H and O–H groups in total. The van der Waals surface area contributed by atoms with Crippen molar-refractivity contribution in [2.75, 3.05) is 6.61 Å². The van der Waals surface area contributed by atoms with Crippen molar-refractivity contribution in [3.8, 4) is 0 Å². The Morgan fingerprint density at radius 1 is 1.50 bits per heavy atom. The van der Waals surface area contributed by atoms with Crippen LogP contribution in [0.1, 0.15) is 45.4 Å². The first-order chi connectivity index (χ1) is 6.72. The molecule has 3 heteroatoms. The van der Waals surface area contributed by atoms with Gasteiger partial charge in [-0.1, -0.05) is 12.8 Å². The molecule has 0 amide bonds. The van der Waals surface area contributed by atoms with Crippen LogP contribution in [0, 0.1) is 5.92 Å². The zero-order valence-electron chi connectivity index (χ0n) is 9.00. The second kappa shape index (κ2) is 6.02. The van der Waals surface area contributed by atoms with E-state index in [9.17, 15) is 4.79 Å². The molecule has 2 unspecified atom stereocenters. The van der Waals surface area contributed by atoms with Gasteiger partial charge in [0, 0.05) is 12.5 Å². The van der Waals surface area contributed by atoms with E-state index in [1.807, 2.05) is 6.92 Å². The van der Waals surface area contributed by atoms with Gasteiger partial charge < -0.3 is 10.5 Å². The fraction of sp³-hybridized carbons (Fsp3) is 0.909. The van der Waals surface area contributed by atoms with E-state index in [0.29, 0.717) is 25.0 Å². The molecule has 0 heterocycles. The maximum Gasteiger partial charge on any atom is 0.305 e. The molecule has 0 radical (unpaired) electrons. The number of ether oxygens (including phenoxy) is 1. The molecule has 1 aliphatic rings. The second-order valence-corrected chi connectivity index (χ2v) is 4.14. The molecule has 1 saturated carbocycles. The maximum atomic E-state index is 11.1. The van der Waals surface area contributed by atoms with Crippen LogP contribution in [0.25, 0.3) is 0 Å². The van der Waals surface area contributed by atoms with Crippen LogP contribution < -0.4 is 5.73 Å². The highest BCUT2D eigenvalue weighted by molar-refractivity contribution is 5.69. The zero-order chi connectivity index (χ0) is 10.4. The van der Waals surface area contributed by atoms with Gasteiger partial charge in [-0.05, 0) is 32.1 Å². The zero-order valence-corrected chi connectivity index (χ0v) is 9.00. The van der Waals surface area contributed by atoms with Crippen molar-refractivity contribution in [2.24, 2.45) is 11.7 Å². The number of hydrogen-bond acceptors (Lipinski definition) is 3. The second-order valence-electron chi connectivity index (χ2n) is 4.14. The van der Waals surface area contributed by atoms with E-state index < -0.39 is 0 Å². The van der Waals surface area contributed by atoms with Crippen molar-refractivity contribution in [1.29, 1.82) is 0 Å². The molecule has 0 aromatic heterocycles. The normalized spacial score (nSPS) is 27.3. The summed E-state index contributed by atoms with van der Waals surface area (Å²) in [5.74, 6) is 0.579. The van der Waals surface area contributed by atoms with Gasteiger partial charge in [0.05, 0.1) is 6.61 Å². The molecule has 3 nitrogen and oxygen atoms in total. The van der Waals surface area contributed by atoms with E-state index in [4.69, 9.17) is 10.5 Å². The maximum absolute atomic E-state index is 11.1. The average molecular weight is 199 g/mol. The molecule has 0 saturated heterocycles. The van der Waals surface area contributed by atoms with E-state index in [1.165, 1.54) is 12.8 Å². The van der Waals surface area contributed by atoms with Gasteiger partial charge in [0.1, 0.15) is 0 Å². The van der Waals surface area contributed by atoms with Crippen LogP contribution in [0.5, 0.6) is 0 Å². The van der Waals surface area contributed by atoms with Crippen LogP contribution in [0.2, 0.25) is 0 Å². The molecule has 82 valence electrons. The lowest BCUT2D eigenvalue weighted by Gasteiger charge is -2.26. The Labute approximate surface area is 86.0 Å². The molecule has 0 spiro atoms. The van der Waals surface area contributed by atoms with Gasteiger partial charge >= 0.3 is 5.97 Å². The summed E-state index contributed by atoms with van der Waals surface area (Å²) in [6.45, 7) is 2.33. The van der Waals surface area contributed by atoms with E-state index in [2.05, 4.69) is 0 Å². The molecule has 14 heavy (non-hydrogen) atoms. The lowest BCUT2D eigenvalue weighted by molar-refractivity contribution is -0.143. The van der Waals surface area contributed by atoms with Crippen LogP contribution in [-0.4, -0.2) is 18.6 Å². The van der Waals surface area contributed by atoms with Gasteiger partial charge in [-0.15, -0.1) is 0 Å². The quantitative estimate of drug-likeness (QED) is 0.703. The van der Waals surface area contributed by atoms with Gasteiger partial charge in [0.2, 0.25) is 0 Å². The molecule has 1 rings (SSSR count). The van der Waals surface area contributed by atoms with Gasteiger partial charge in [-0.25, -0.2) is 0 Å². The summed E-state index contributed by atoms with van der Waals surface area (Å²) in [5.41, 5.74) is 5.87. The lowest BCUT2D eigenvalue weighted by Crippen LogP contribution is -2.28. The Kier molecular flexibility index (Phi) is 4.94. The topological polar surface area (TPSA) is 52.3 Å². The lowest BCUT2D eigenvalue weighted by atomic mass is 9.83. The largest absolute Gasteiger partial charge is 0.466 e. The van der Waals surface area contributed by atoms with Crippen molar-refractivity contribution in [1.82, 2.24) is 0 Å². The van der Waals surface area contributed by atoms with Crippen LogP contribution >= 0.6 is 0 Å². The molecule has 0 bridgehead atoms. The minimum absolute atomic E-state index is 0.0633. The van der Waals surface area contributed by atoms with Crippen molar-refractivity contribution in [2.45, 2.75) is 51.5 Å². The van der Waals surface area contributed by atoms with Gasteiger partial charge in [-0.2, -0.15) is 0 Å². The molecular weight excluding hydrogens is 178 g/mol. The van der Waals surface area contributed by atoms with Crippen LogP contribution in [0.4, 0.5) is 0 Å². The number of nitrogens with two attached hydrogens (primary N) is 1. The van der Waals surface area contributed by atoms with E-state index in [1.54, 1.807) is 0 Å². The highest BCUT2D eigenvalue weighted by Crippen LogP contribution is 2.26. The Balaban J connectivity index is 2.14. The summed E-state index contributed by atoms with van der Waals surface area (Å²) < 4.78 is 4.89. The fourth-order valence-corrected chi connectivity index (χ4v) is 2.15. The first kappa shape index (κ1) is 11.5. The Hall–Kier alpha value is -0.570. The molecule has 0 aromatic carbocycles. The van der Waals surface area contributed by atoms with Crippen molar-refractivity contribution in [3.63, 3.8) is 0 Å². The Bertz CT molecular complexity index is 182. The van der Waals surface area contributed by atoms with Crippen LogP contribution in [0.3, 0.4) is 0 Å². The van der Waals surface area contributed by atoms with Gasteiger partial charge in [0.25, 0.3) is 0 Å². The summed E-state index contributed by atoms with van der Waals surface area (Å²) >= 11 is 0. The summed E-state index contributed by atoms with van der Waals surface area (Å²) in [6.07, 6.45) is 6.19. The summed E-state index contributed by atoms with van der Waals surface area (Å²) in [4.78, 5) is 11.1. The highest BCUT2D eigenvalue weighted by Gasteiger charge is 2.19. The van der Waals surface area contributed by atoms with Crippen molar-refractivity contribution >= 4 is 5.97 Å². The van der Waals surface area contributed by atoms with Gasteiger partial charge in [-0.3, -0.25) is 4.79 Å². The van der Waals surface area contributed by atoms with Crippen LogP contribution in [-0.2, 0) is 9.53 Å². The third-order valence-corrected chi connectivity index (χ3v) is 2.89. The predicted molar refractivity (Wildman–Crippen MR) is 55.8 cm³/mol. The number of carbonyl (C=O) groups is 1. The fourth-order valence-electron chi connectivity index (χ4n) is 2.15. The molecule has 1 fully saturated rings. The van der Waals surface area contributed by atoms with Crippen LogP contribution in [0.15, 0.2) is 0 Å². The minimum Gasteiger partial charge on any atom is -0.466 e. The predicted octanol–water partition coefficient (Wildman–Crippen LogP) is 1.85. The molecule has 1 aliphatic carbocycles. The Morgan fingerprint density at radius 3 is 2.93 bits per heavy atom. The van der Waals surface area contributed by atoms with Crippen molar-refractivity contribution in [3.05, 3.63) is 0 Å². The SMILES string of the molecule is CCOC(=O)CCC1CCCC(N)C1. The van der Waals surface area contributed by atoms with Gasteiger partial charge in [0.15, 0.2) is 0 Å². The summed E-state index contributed by atoms with van der Waals surface area (Å²) in [5, 5.41) is 0. The molecule has 0 aromatic rings. The highest BCUT2D eigenvalue weighted by atomic mass is 16.5. The minimum atomic E-state index is -0.0633. The van der Waals surface area contributed by atoms with E-state index in [-0.39, 0.29) is 5.97 Å². The first-order valence-corrected chi connectivity index (χ1v) is 5.63. The molecule has 2 atom stereocenters. The summed E-state index contributed by atoms with van der Waals surface area (Å²) in [6, 6.07) is 0.357. The number of hydrogen-bond donors (Lipinski definition) is 1. The standard InChI is InChI=1S/C11H21NO2/c1-2-14-11(13)7-6-9-4-3-5-10(12)8-9/h9-10H,2-8,12H2,1H3. The van der Waals surface area contributed by atoms with E-state index >= 15 is 0 Å². The van der Waals surface area contributed by atoms with E-state index in [0.717, 1.165) is 19.3 Å². The summed E-state index contributed by atoms with van der Waals surface area (Å²) in [7, 11) is 0. The third kappa shape index (κ3) is 4.09. The van der Waals surface area contributed by atoms with Crippen molar-refractivity contribution < 1.29 is 9.53 Å². The molecule has 0 aliphatic heterocycles.